The summed E-state index contributed by atoms with van der Waals surface area (Å²) in [5, 5.41) is 78.2. The van der Waals surface area contributed by atoms with Gasteiger partial charge in [0.1, 0.15) is 72.2 Å². The summed E-state index contributed by atoms with van der Waals surface area (Å²) < 4.78 is 0. The van der Waals surface area contributed by atoms with Crippen molar-refractivity contribution in [2.45, 2.75) is 189 Å². The van der Waals surface area contributed by atoms with Crippen molar-refractivity contribution in [1.29, 1.82) is 0 Å². The van der Waals surface area contributed by atoms with E-state index in [0.717, 1.165) is 27.2 Å². The number of hydrogen-bond donors (Lipinski definition) is 20. The molecule has 1 aromatic heterocycles. The molecule has 12 amide bonds. The number of amides is 12. The average Bonchev–Trinajstić information content (AvgIpc) is 1.68. The molecule has 2 aliphatic rings. The molecule has 0 spiro atoms. The van der Waals surface area contributed by atoms with Gasteiger partial charge in [-0.25, -0.2) is 4.79 Å². The van der Waals surface area contributed by atoms with Crippen LogP contribution < -0.4 is 80.6 Å². The number of phenols is 1. The van der Waals surface area contributed by atoms with E-state index in [-0.39, 0.29) is 88.4 Å². The number of carbonyl (C=O) groups excluding carboxylic acids is 12. The van der Waals surface area contributed by atoms with Crippen LogP contribution in [0.4, 0.5) is 0 Å². The summed E-state index contributed by atoms with van der Waals surface area (Å²) in [6.07, 6.45) is -2.32. The van der Waals surface area contributed by atoms with Crippen LogP contribution in [0.3, 0.4) is 0 Å². The molecule has 13 atom stereocenters. The number of carboxylic acid groups (broad SMARTS) is 1. The number of aliphatic hydroxyl groups is 2. The summed E-state index contributed by atoms with van der Waals surface area (Å²) in [4.78, 5) is 195. The van der Waals surface area contributed by atoms with E-state index in [9.17, 15) is 58.8 Å². The number of unbranched alkanes of at least 4 members (excludes halogenated alkanes) is 1. The highest BCUT2D eigenvalue weighted by molar-refractivity contribution is 8.76. The molecule has 6 aromatic rings. The first-order valence-electron chi connectivity index (χ1n) is 38.2. The van der Waals surface area contributed by atoms with Crippen LogP contribution >= 0.6 is 21.6 Å². The molecule has 2 saturated heterocycles. The van der Waals surface area contributed by atoms with Gasteiger partial charge >= 0.3 is 5.97 Å². The van der Waals surface area contributed by atoms with Gasteiger partial charge < -0.3 is 106 Å². The zero-order valence-electron chi connectivity index (χ0n) is 64.2. The number of nitrogens with two attached hydrogens (primary N) is 2. The molecule has 3 heterocycles. The van der Waals surface area contributed by atoms with Crippen LogP contribution in [0.15, 0.2) is 140 Å². The fourth-order valence-electron chi connectivity index (χ4n) is 12.7. The number of H-pyrrole nitrogens is 1. The van der Waals surface area contributed by atoms with Gasteiger partial charge in [0.25, 0.3) is 0 Å². The predicted octanol–water partition coefficient (Wildman–Crippen LogP) is -0.783. The van der Waals surface area contributed by atoms with Crippen molar-refractivity contribution in [2.75, 3.05) is 31.2 Å². The zero-order valence-corrected chi connectivity index (χ0v) is 65.8. The first-order chi connectivity index (χ1) is 55.1. The number of para-hydroxylation sites is 1. The molecule has 2 fully saturated rings. The summed E-state index contributed by atoms with van der Waals surface area (Å²) in [6.45, 7) is 4.41. The lowest BCUT2D eigenvalue weighted by atomic mass is 9.99. The molecule has 0 aliphatic carbocycles. The summed E-state index contributed by atoms with van der Waals surface area (Å²) in [5.41, 5.74) is 16.4. The second-order valence-electron chi connectivity index (χ2n) is 28.7. The third kappa shape index (κ3) is 28.5. The first-order valence-corrected chi connectivity index (χ1v) is 40.7. The Labute approximate surface area is 673 Å². The molecular formula is C80H104N16O17S2. The van der Waals surface area contributed by atoms with Gasteiger partial charge in [-0.15, -0.1) is 0 Å². The number of rotatable bonds is 22. The second-order valence-corrected chi connectivity index (χ2v) is 31.3. The molecule has 5 aromatic carbocycles. The molecule has 2 aliphatic heterocycles. The zero-order chi connectivity index (χ0) is 83.1. The number of carboxylic acids is 1. The number of hydrogen-bond acceptors (Lipinski definition) is 21. The fourth-order valence-corrected chi connectivity index (χ4v) is 15.1. The van der Waals surface area contributed by atoms with Gasteiger partial charge in [0.2, 0.25) is 70.9 Å². The van der Waals surface area contributed by atoms with Crippen LogP contribution in [0.5, 0.6) is 5.75 Å². The molecule has 22 N–H and O–H groups in total. The van der Waals surface area contributed by atoms with E-state index in [1.165, 1.54) is 31.2 Å². The van der Waals surface area contributed by atoms with Gasteiger partial charge in [-0.05, 0) is 110 Å². The fraction of sp³-hybridized carbons (Fsp3) is 0.438. The maximum absolute atomic E-state index is 15.6. The van der Waals surface area contributed by atoms with E-state index in [1.807, 2.05) is 26.0 Å². The van der Waals surface area contributed by atoms with Crippen LogP contribution in [-0.4, -0.2) is 218 Å². The lowest BCUT2D eigenvalue weighted by Gasteiger charge is -2.29. The minimum absolute atomic E-state index is 0.0521. The minimum atomic E-state index is -1.91. The van der Waals surface area contributed by atoms with Crippen LogP contribution in [-0.2, 0) is 101 Å². The third-order valence-electron chi connectivity index (χ3n) is 19.3. The molecule has 0 radical (unpaired) electrons. The van der Waals surface area contributed by atoms with Crippen molar-refractivity contribution in [3.8, 4) is 5.75 Å². The van der Waals surface area contributed by atoms with Crippen molar-refractivity contribution in [2.24, 2.45) is 11.5 Å². The lowest BCUT2D eigenvalue weighted by molar-refractivity contribution is -0.142. The maximum atomic E-state index is 15.6. The van der Waals surface area contributed by atoms with E-state index in [1.54, 1.807) is 103 Å². The Bertz CT molecular complexity index is 4300. The topological polar surface area (TPSA) is 527 Å². The van der Waals surface area contributed by atoms with Gasteiger partial charge in [-0.2, -0.15) is 0 Å². The van der Waals surface area contributed by atoms with Crippen LogP contribution in [0.1, 0.15) is 99.1 Å². The second kappa shape index (κ2) is 45.2. The summed E-state index contributed by atoms with van der Waals surface area (Å²) in [6, 6.07) is 17.0. The molecular weight excluding hydrogens is 1520 g/mol. The predicted molar refractivity (Wildman–Crippen MR) is 431 cm³/mol. The third-order valence-corrected chi connectivity index (χ3v) is 21.7. The smallest absolute Gasteiger partial charge is 0.327 e. The number of aromatic hydroxyl groups is 1. The number of nitrogens with one attached hydrogen (secondary N) is 14. The Morgan fingerprint density at radius 1 is 0.530 bits per heavy atom. The van der Waals surface area contributed by atoms with Gasteiger partial charge in [-0.1, -0.05) is 151 Å². The van der Waals surface area contributed by atoms with E-state index in [2.05, 4.69) is 74.1 Å². The Kier molecular flexibility index (Phi) is 35.2. The largest absolute Gasteiger partial charge is 0.508 e. The van der Waals surface area contributed by atoms with Crippen LogP contribution in [0.25, 0.3) is 10.9 Å². The summed E-state index contributed by atoms with van der Waals surface area (Å²) >= 11 is 0. The number of benzene rings is 5. The minimum Gasteiger partial charge on any atom is -0.508 e. The number of phenolic OH excluding ortho intramolecular Hbond substituents is 1. The van der Waals surface area contributed by atoms with Crippen LogP contribution in [0, 0.1) is 0 Å². The molecule has 618 valence electrons. The quantitative estimate of drug-likeness (QED) is 0.0293. The SMILES string of the molecule is CC(C)NCc1ccc(C[C@@H]2NC(=O)[C@@H](Cc3c[nH]c4ccccc34)NC(=O)[C@@H]3CCC(=O)NCCC[C@H](NC(=O)[C@H](Cc4ccccc4)NC(=O)[C@H]([C@@H](C)O)NC2=O)C(=O)N[C@@H](CO)C(=O)N[C@H](C(=O)O)CSSC[C@H](NC(=O)[C@@H](N)Cc2ccc(O)cc2)C(=O)N[C@@H](CCCCN)C(=O)N[C@@H](Cc2ccccc2)C(=O)N3)cc1. The Morgan fingerprint density at radius 3 is 1.62 bits per heavy atom. The van der Waals surface area contributed by atoms with E-state index >= 15 is 24.0 Å². The van der Waals surface area contributed by atoms with E-state index in [4.69, 9.17) is 11.5 Å². The number of fused-ring (bicyclic) bond motifs is 9. The highest BCUT2D eigenvalue weighted by atomic mass is 33.1. The molecule has 0 saturated carbocycles. The highest BCUT2D eigenvalue weighted by Crippen LogP contribution is 2.25. The number of aromatic amines is 1. The van der Waals surface area contributed by atoms with E-state index < -0.39 is 181 Å². The average molecular weight is 1630 g/mol. The van der Waals surface area contributed by atoms with Crippen molar-refractivity contribution in [1.82, 2.24) is 74.1 Å². The number of aromatic nitrogens is 1. The highest BCUT2D eigenvalue weighted by Gasteiger charge is 2.39. The lowest BCUT2D eigenvalue weighted by Crippen LogP contribution is -2.62. The van der Waals surface area contributed by atoms with Gasteiger partial charge in [-0.3, -0.25) is 57.5 Å². The number of aliphatic carboxylic acids is 1. The number of carbonyl (C=O) groups is 13. The Morgan fingerprint density at radius 2 is 1.03 bits per heavy atom. The maximum Gasteiger partial charge on any atom is 0.327 e. The Balaban J connectivity index is 1.25. The van der Waals surface area contributed by atoms with Crippen molar-refractivity contribution in [3.63, 3.8) is 0 Å². The van der Waals surface area contributed by atoms with E-state index in [0.29, 0.717) is 51.7 Å². The summed E-state index contributed by atoms with van der Waals surface area (Å²) in [5.74, 6) is -14.4. The first kappa shape index (κ1) is 89.6. The molecule has 35 heteroatoms. The van der Waals surface area contributed by atoms with Gasteiger partial charge in [0, 0.05) is 79.8 Å². The van der Waals surface area contributed by atoms with Gasteiger partial charge in [0.05, 0.1) is 18.8 Å². The normalized spacial score (nSPS) is 23.5. The van der Waals surface area contributed by atoms with Crippen molar-refractivity contribution < 1.29 is 82.8 Å². The standard InChI is InChI=1S/C80H104N16O17S2/c1-45(2)84-40-51-25-23-50(24-26-51)38-62-76(108)96-68(46(3)98)79(111)92-61(37-48-17-8-5-9-18-48)74(106)86-58-22-14-34-83-67(100)32-31-59(72(104)91-63(75(107)90-62)39-52-41-85-56-20-11-10-19-54(52)56)88-73(105)60(36-47-15-6-4-7-16-47)89-70(102)57(21-12-13-33-81)87-78(110)65(94-69(101)55(82)35-49-27-29-53(99)30-28-49)43-114-115-44-66(80(112)113)95-77(109)64(42-97)93-71(58)103/h4-11,15-20,23-30,41,45-46,55,57-66,68,84-85,97-99H,12-14,21-22,31-40,42-44,81-82H2,1-3H3,(H,83,100)(H,86,106)(H,87,110)(H,88,105)(H,89,102)(H,90,107)(H,91,104)(H,92,111)(H,93,103)(H,94,101)(H,95,109)(H,96,108)(H,112,113)/t46-,55+,57+,58+,59+,60+,61+,62+,63-,64+,65+,66+,68+/m1/s1. The van der Waals surface area contributed by atoms with Gasteiger partial charge in [0.15, 0.2) is 0 Å². The van der Waals surface area contributed by atoms with Crippen molar-refractivity contribution >= 4 is 109 Å². The van der Waals surface area contributed by atoms with Crippen LogP contribution in [0.2, 0.25) is 0 Å². The number of aliphatic hydroxyl groups excluding tert-OH is 2. The monoisotopic (exact) mass is 1620 g/mol. The summed E-state index contributed by atoms with van der Waals surface area (Å²) in [7, 11) is 1.68. The molecule has 0 unspecified atom stereocenters. The Hall–Kier alpha value is -11.0. The molecule has 115 heavy (non-hydrogen) atoms. The molecule has 2 bridgehead atoms. The van der Waals surface area contributed by atoms with Crippen molar-refractivity contribution in [3.05, 3.63) is 173 Å². The molecule has 8 rings (SSSR count). The molecule has 33 nitrogen and oxygen atoms in total.